The van der Waals surface area contributed by atoms with Crippen LogP contribution in [-0.4, -0.2) is 34.6 Å². The number of nitrogens with zero attached hydrogens (tertiary/aromatic N) is 1. The van der Waals surface area contributed by atoms with Gasteiger partial charge >= 0.3 is 5.69 Å². The van der Waals surface area contributed by atoms with Gasteiger partial charge in [-0.2, -0.15) is 0 Å². The first-order valence-corrected chi connectivity index (χ1v) is 9.73. The number of benzene rings is 2. The first-order valence-electron chi connectivity index (χ1n) is 8.51. The Hall–Kier alpha value is -3.00. The lowest BCUT2D eigenvalue weighted by atomic mass is 10.1. The van der Waals surface area contributed by atoms with Gasteiger partial charge in [-0.15, -0.1) is 11.8 Å². The van der Waals surface area contributed by atoms with Crippen LogP contribution in [-0.2, 0) is 9.59 Å². The van der Waals surface area contributed by atoms with Gasteiger partial charge in [0.05, 0.1) is 17.0 Å². The molecule has 0 radical (unpaired) electrons. The summed E-state index contributed by atoms with van der Waals surface area (Å²) in [5, 5.41) is 2.84. The van der Waals surface area contributed by atoms with Crippen molar-refractivity contribution >= 4 is 46.0 Å². The van der Waals surface area contributed by atoms with Gasteiger partial charge in [-0.3, -0.25) is 9.59 Å². The predicted octanol–water partition coefficient (Wildman–Crippen LogP) is 2.57. The molecule has 1 saturated heterocycles. The quantitative estimate of drug-likeness (QED) is 0.604. The summed E-state index contributed by atoms with van der Waals surface area (Å²) in [6.45, 7) is 0.354. The number of rotatable bonds is 4. The van der Waals surface area contributed by atoms with Gasteiger partial charge in [0.1, 0.15) is 0 Å². The highest BCUT2D eigenvalue weighted by atomic mass is 32.2. The van der Waals surface area contributed by atoms with Gasteiger partial charge < -0.3 is 20.2 Å². The van der Waals surface area contributed by atoms with E-state index in [0.29, 0.717) is 23.3 Å². The van der Waals surface area contributed by atoms with Gasteiger partial charge in [0.2, 0.25) is 11.8 Å². The number of aromatic amines is 2. The van der Waals surface area contributed by atoms with Crippen molar-refractivity contribution in [2.45, 2.75) is 11.3 Å². The van der Waals surface area contributed by atoms with Crippen LogP contribution in [0.1, 0.15) is 6.42 Å². The topological polar surface area (TPSA) is 98.1 Å². The molecular weight excluding hydrogens is 364 g/mol. The van der Waals surface area contributed by atoms with E-state index in [1.165, 1.54) is 0 Å². The average Bonchev–Trinajstić information content (AvgIpc) is 3.23. The van der Waals surface area contributed by atoms with Crippen LogP contribution in [0.15, 0.2) is 52.2 Å². The largest absolute Gasteiger partial charge is 0.326 e. The molecule has 1 aliphatic rings. The Morgan fingerprint density at radius 2 is 1.85 bits per heavy atom. The number of H-pyrrole nitrogens is 2. The summed E-state index contributed by atoms with van der Waals surface area (Å²) < 4.78 is 0. The Bertz CT molecular complexity index is 1070. The molecule has 2 amide bonds. The monoisotopic (exact) mass is 382 g/mol. The average molecular weight is 382 g/mol. The summed E-state index contributed by atoms with van der Waals surface area (Å²) in [7, 11) is 0. The molecule has 7 nitrogen and oxygen atoms in total. The lowest BCUT2D eigenvalue weighted by Gasteiger charge is -2.17. The van der Waals surface area contributed by atoms with E-state index in [2.05, 4.69) is 15.3 Å². The van der Waals surface area contributed by atoms with Crippen LogP contribution in [0.4, 0.5) is 11.4 Å². The lowest BCUT2D eigenvalue weighted by molar-refractivity contribution is -0.122. The second kappa shape index (κ2) is 6.96. The molecule has 27 heavy (non-hydrogen) atoms. The zero-order valence-corrected chi connectivity index (χ0v) is 15.4. The summed E-state index contributed by atoms with van der Waals surface area (Å²) in [4.78, 5) is 44.4. The lowest BCUT2D eigenvalue weighted by Crippen LogP contribution is -2.28. The molecular formula is C19H18N4O3S. The van der Waals surface area contributed by atoms with Gasteiger partial charge in [0.25, 0.3) is 0 Å². The number of imidazole rings is 1. The third-order valence-corrected chi connectivity index (χ3v) is 5.41. The number of fused-ring (bicyclic) bond motifs is 1. The zero-order valence-electron chi connectivity index (χ0n) is 14.6. The van der Waals surface area contributed by atoms with Gasteiger partial charge in [-0.1, -0.05) is 0 Å². The number of aromatic nitrogens is 2. The Balaban J connectivity index is 1.47. The van der Waals surface area contributed by atoms with Crippen LogP contribution in [0.3, 0.4) is 0 Å². The minimum Gasteiger partial charge on any atom is -0.326 e. The van der Waals surface area contributed by atoms with Crippen LogP contribution in [0, 0.1) is 5.92 Å². The van der Waals surface area contributed by atoms with Crippen LogP contribution in [0.5, 0.6) is 0 Å². The van der Waals surface area contributed by atoms with Crippen molar-refractivity contribution in [3.05, 3.63) is 52.9 Å². The van der Waals surface area contributed by atoms with Crippen LogP contribution in [0.2, 0.25) is 0 Å². The van der Waals surface area contributed by atoms with Crippen molar-refractivity contribution < 1.29 is 9.59 Å². The number of thioether (sulfide) groups is 1. The second-order valence-corrected chi connectivity index (χ2v) is 7.31. The minimum atomic E-state index is -0.418. The van der Waals surface area contributed by atoms with Gasteiger partial charge in [0, 0.05) is 29.2 Å². The molecule has 1 aromatic heterocycles. The number of nitrogens with one attached hydrogen (secondary N) is 3. The smallest absolute Gasteiger partial charge is 0.323 e. The van der Waals surface area contributed by atoms with Gasteiger partial charge in [-0.25, -0.2) is 4.79 Å². The van der Waals surface area contributed by atoms with Crippen LogP contribution in [0.25, 0.3) is 11.0 Å². The van der Waals surface area contributed by atoms with Crippen molar-refractivity contribution in [2.24, 2.45) is 5.92 Å². The predicted molar refractivity (Wildman–Crippen MR) is 106 cm³/mol. The highest BCUT2D eigenvalue weighted by Gasteiger charge is 2.35. The number of hydrogen-bond acceptors (Lipinski definition) is 4. The summed E-state index contributed by atoms with van der Waals surface area (Å²) in [5.74, 6) is -0.681. The third-order valence-electron chi connectivity index (χ3n) is 4.66. The molecule has 1 unspecified atom stereocenters. The Morgan fingerprint density at radius 1 is 1.11 bits per heavy atom. The first-order chi connectivity index (χ1) is 13.0. The maximum atomic E-state index is 12.6. The molecule has 3 N–H and O–H groups in total. The van der Waals surface area contributed by atoms with Gasteiger partial charge in [0.15, 0.2) is 0 Å². The van der Waals surface area contributed by atoms with Crippen molar-refractivity contribution in [1.82, 2.24) is 9.97 Å². The first kappa shape index (κ1) is 17.4. The van der Waals surface area contributed by atoms with Crippen molar-refractivity contribution in [1.29, 1.82) is 0 Å². The van der Waals surface area contributed by atoms with E-state index in [9.17, 15) is 14.4 Å². The fraction of sp³-hybridized carbons (Fsp3) is 0.211. The highest BCUT2D eigenvalue weighted by Crippen LogP contribution is 2.28. The molecule has 0 saturated carbocycles. The standard InChI is InChI=1S/C19H18N4O3S/c1-27-14-5-3-13(4-6-14)23-10-11(8-17(23)24)18(25)20-12-2-7-15-16(9-12)22-19(26)21-15/h2-7,9,11H,8,10H2,1H3,(H,20,25)(H2,21,22,26). The van der Waals surface area contributed by atoms with E-state index in [1.807, 2.05) is 30.5 Å². The fourth-order valence-corrected chi connectivity index (χ4v) is 3.66. The fourth-order valence-electron chi connectivity index (χ4n) is 3.25. The molecule has 138 valence electrons. The summed E-state index contributed by atoms with van der Waals surface area (Å²) in [5.41, 5.74) is 2.39. The molecule has 2 aromatic carbocycles. The van der Waals surface area contributed by atoms with E-state index in [-0.39, 0.29) is 23.9 Å². The molecule has 3 aromatic rings. The van der Waals surface area contributed by atoms with E-state index in [1.54, 1.807) is 34.9 Å². The van der Waals surface area contributed by atoms with Crippen LogP contribution >= 0.6 is 11.8 Å². The van der Waals surface area contributed by atoms with Gasteiger partial charge in [-0.05, 0) is 48.7 Å². The maximum absolute atomic E-state index is 12.6. The zero-order chi connectivity index (χ0) is 19.0. The molecule has 8 heteroatoms. The van der Waals surface area contributed by atoms with E-state index in [0.717, 1.165) is 10.6 Å². The number of carbonyl (C=O) groups is 2. The van der Waals surface area contributed by atoms with E-state index in [4.69, 9.17) is 0 Å². The molecule has 0 bridgehead atoms. The molecule has 1 atom stereocenters. The number of carbonyl (C=O) groups excluding carboxylic acids is 2. The normalized spacial score (nSPS) is 16.9. The third kappa shape index (κ3) is 3.48. The number of amides is 2. The molecule has 2 heterocycles. The number of hydrogen-bond donors (Lipinski definition) is 3. The van der Waals surface area contributed by atoms with Crippen molar-refractivity contribution in [3.8, 4) is 0 Å². The van der Waals surface area contributed by atoms with E-state index >= 15 is 0 Å². The summed E-state index contributed by atoms with van der Waals surface area (Å²) in [6.07, 6.45) is 2.18. The molecule has 0 aliphatic carbocycles. The summed E-state index contributed by atoms with van der Waals surface area (Å²) >= 11 is 1.64. The second-order valence-electron chi connectivity index (χ2n) is 6.43. The molecule has 1 aliphatic heterocycles. The van der Waals surface area contributed by atoms with Crippen LogP contribution < -0.4 is 15.9 Å². The highest BCUT2D eigenvalue weighted by molar-refractivity contribution is 7.98. The molecule has 1 fully saturated rings. The molecule has 0 spiro atoms. The maximum Gasteiger partial charge on any atom is 0.323 e. The summed E-state index contributed by atoms with van der Waals surface area (Å²) in [6, 6.07) is 12.9. The Kier molecular flexibility index (Phi) is 4.49. The Labute approximate surface area is 159 Å². The SMILES string of the molecule is CSc1ccc(N2CC(C(=O)Nc3ccc4[nH]c(=O)[nH]c4c3)CC2=O)cc1. The Morgan fingerprint density at radius 3 is 2.59 bits per heavy atom. The van der Waals surface area contributed by atoms with E-state index < -0.39 is 5.92 Å². The minimum absolute atomic E-state index is 0.0579. The number of anilines is 2. The van der Waals surface area contributed by atoms with Crippen molar-refractivity contribution in [2.75, 3.05) is 23.0 Å². The molecule has 4 rings (SSSR count). The van der Waals surface area contributed by atoms with Crippen molar-refractivity contribution in [3.63, 3.8) is 0 Å².